The second-order valence-electron chi connectivity index (χ2n) is 7.13. The predicted molar refractivity (Wildman–Crippen MR) is 121 cm³/mol. The average Bonchev–Trinajstić information content (AvgIpc) is 2.79. The van der Waals surface area contributed by atoms with Gasteiger partial charge in [0.15, 0.2) is 6.61 Å². The van der Waals surface area contributed by atoms with Gasteiger partial charge in [-0.25, -0.2) is 8.42 Å². The minimum absolute atomic E-state index is 0.176. The molecule has 0 spiro atoms. The Morgan fingerprint density at radius 2 is 1.77 bits per heavy atom. The highest BCUT2D eigenvalue weighted by Crippen LogP contribution is 2.34. The molecule has 8 heteroatoms. The zero-order chi connectivity index (χ0) is 21.8. The van der Waals surface area contributed by atoms with Crippen molar-refractivity contribution in [2.24, 2.45) is 0 Å². The first-order chi connectivity index (χ1) is 14.9. The number of carbonyl (C=O) groups excluding carboxylic acids is 1. The first kappa shape index (κ1) is 21.2. The van der Waals surface area contributed by atoms with Gasteiger partial charge in [0, 0.05) is 17.3 Å². The number of halogens is 1. The molecular formula is C23H21ClN2O4S. The number of carbonyl (C=O) groups is 1. The molecule has 0 saturated heterocycles. The largest absolute Gasteiger partial charge is 0.484 e. The molecule has 0 aromatic heterocycles. The van der Waals surface area contributed by atoms with Gasteiger partial charge in [0.1, 0.15) is 5.75 Å². The van der Waals surface area contributed by atoms with Crippen molar-refractivity contribution in [1.29, 1.82) is 0 Å². The molecule has 1 aliphatic heterocycles. The summed E-state index contributed by atoms with van der Waals surface area (Å²) in [5, 5.41) is 3.36. The van der Waals surface area contributed by atoms with Crippen molar-refractivity contribution in [1.82, 2.24) is 0 Å². The minimum atomic E-state index is -3.69. The number of rotatable bonds is 6. The summed E-state index contributed by atoms with van der Waals surface area (Å²) < 4.78 is 33.2. The SMILES string of the molecule is O=C(COc1ccc(Cl)cc1)Nc1ccc2c(c1)N(S(=O)(=O)c1ccccc1)CCC2. The first-order valence-corrected chi connectivity index (χ1v) is 11.6. The fourth-order valence-corrected chi connectivity index (χ4v) is 5.14. The number of nitrogens with one attached hydrogen (secondary N) is 1. The lowest BCUT2D eigenvalue weighted by atomic mass is 10.0. The van der Waals surface area contributed by atoms with Gasteiger partial charge in [-0.05, 0) is 66.9 Å². The van der Waals surface area contributed by atoms with Gasteiger partial charge in [-0.2, -0.15) is 0 Å². The van der Waals surface area contributed by atoms with Crippen LogP contribution >= 0.6 is 11.6 Å². The molecule has 0 unspecified atom stereocenters. The van der Waals surface area contributed by atoms with Crippen LogP contribution in [0.25, 0.3) is 0 Å². The Hall–Kier alpha value is -3.03. The van der Waals surface area contributed by atoms with Crippen molar-refractivity contribution in [3.63, 3.8) is 0 Å². The molecule has 1 aliphatic rings. The molecule has 0 fully saturated rings. The van der Waals surface area contributed by atoms with E-state index in [4.69, 9.17) is 16.3 Å². The molecule has 0 saturated carbocycles. The number of hydrogen-bond acceptors (Lipinski definition) is 4. The van der Waals surface area contributed by atoms with Crippen molar-refractivity contribution in [2.45, 2.75) is 17.7 Å². The Kier molecular flexibility index (Phi) is 6.15. The maximum absolute atomic E-state index is 13.2. The lowest BCUT2D eigenvalue weighted by molar-refractivity contribution is -0.118. The molecule has 3 aromatic carbocycles. The van der Waals surface area contributed by atoms with Crippen LogP contribution in [0.3, 0.4) is 0 Å². The standard InChI is InChI=1S/C23H21ClN2O4S/c24-18-9-12-20(13-10-18)30-16-23(27)25-19-11-8-17-5-4-14-26(22(17)15-19)31(28,29)21-6-2-1-3-7-21/h1-3,6-13,15H,4-5,14,16H2,(H,25,27). The number of hydrogen-bond donors (Lipinski definition) is 1. The van der Waals surface area contributed by atoms with Gasteiger partial charge < -0.3 is 10.1 Å². The molecule has 0 atom stereocenters. The van der Waals surface area contributed by atoms with E-state index < -0.39 is 10.0 Å². The summed E-state index contributed by atoms with van der Waals surface area (Å²) in [6, 6.07) is 20.4. The van der Waals surface area contributed by atoms with Crippen LogP contribution in [0.2, 0.25) is 5.02 Å². The van der Waals surface area contributed by atoms with Crippen molar-refractivity contribution in [2.75, 3.05) is 22.8 Å². The van der Waals surface area contributed by atoms with Crippen LogP contribution in [0, 0.1) is 0 Å². The topological polar surface area (TPSA) is 75.7 Å². The highest BCUT2D eigenvalue weighted by Gasteiger charge is 2.29. The summed E-state index contributed by atoms with van der Waals surface area (Å²) in [5.41, 5.74) is 2.03. The van der Waals surface area contributed by atoms with Crippen molar-refractivity contribution in [3.05, 3.63) is 83.4 Å². The maximum Gasteiger partial charge on any atom is 0.264 e. The van der Waals surface area contributed by atoms with E-state index in [1.54, 1.807) is 66.7 Å². The molecule has 4 rings (SSSR count). The van der Waals surface area contributed by atoms with E-state index in [9.17, 15) is 13.2 Å². The molecule has 1 heterocycles. The molecule has 31 heavy (non-hydrogen) atoms. The number of nitrogens with zero attached hydrogens (tertiary/aromatic N) is 1. The summed E-state index contributed by atoms with van der Waals surface area (Å²) >= 11 is 5.84. The zero-order valence-electron chi connectivity index (χ0n) is 16.6. The summed E-state index contributed by atoms with van der Waals surface area (Å²) in [7, 11) is -3.69. The molecule has 160 valence electrons. The van der Waals surface area contributed by atoms with Crippen molar-refractivity contribution >= 4 is 38.9 Å². The van der Waals surface area contributed by atoms with Gasteiger partial charge >= 0.3 is 0 Å². The van der Waals surface area contributed by atoms with Crippen molar-refractivity contribution in [3.8, 4) is 5.75 Å². The predicted octanol–water partition coefficient (Wildman–Crippen LogP) is 4.50. The summed E-state index contributed by atoms with van der Waals surface area (Å²) in [6.45, 7) is 0.214. The Labute approximate surface area is 186 Å². The number of benzene rings is 3. The minimum Gasteiger partial charge on any atom is -0.484 e. The normalized spacial score (nSPS) is 13.4. The quantitative estimate of drug-likeness (QED) is 0.592. The summed E-state index contributed by atoms with van der Waals surface area (Å²) in [5.74, 6) is 0.188. The molecular weight excluding hydrogens is 436 g/mol. The number of ether oxygens (including phenoxy) is 1. The van der Waals surface area contributed by atoms with E-state index in [0.717, 1.165) is 18.4 Å². The van der Waals surface area contributed by atoms with Gasteiger partial charge in [-0.15, -0.1) is 0 Å². The van der Waals surface area contributed by atoms with E-state index in [0.29, 0.717) is 28.7 Å². The lowest BCUT2D eigenvalue weighted by Gasteiger charge is -2.31. The maximum atomic E-state index is 13.2. The number of amides is 1. The van der Waals surface area contributed by atoms with Crippen molar-refractivity contribution < 1.29 is 17.9 Å². The molecule has 1 N–H and O–H groups in total. The summed E-state index contributed by atoms with van der Waals surface area (Å²) in [6.07, 6.45) is 1.52. The van der Waals surface area contributed by atoms with E-state index in [1.807, 2.05) is 6.07 Å². The molecule has 0 aliphatic carbocycles. The molecule has 0 bridgehead atoms. The Morgan fingerprint density at radius 1 is 1.03 bits per heavy atom. The highest BCUT2D eigenvalue weighted by molar-refractivity contribution is 7.92. The van der Waals surface area contributed by atoms with Crippen LogP contribution in [0.4, 0.5) is 11.4 Å². The van der Waals surface area contributed by atoms with Crippen LogP contribution < -0.4 is 14.4 Å². The smallest absolute Gasteiger partial charge is 0.264 e. The van der Waals surface area contributed by atoms with Gasteiger partial charge in [0.25, 0.3) is 15.9 Å². The molecule has 0 radical (unpaired) electrons. The molecule has 1 amide bonds. The monoisotopic (exact) mass is 456 g/mol. The van der Waals surface area contributed by atoms with E-state index in [-0.39, 0.29) is 17.4 Å². The number of sulfonamides is 1. The van der Waals surface area contributed by atoms with Crippen LogP contribution in [0.15, 0.2) is 77.7 Å². The van der Waals surface area contributed by atoms with Crippen LogP contribution in [0.5, 0.6) is 5.75 Å². The van der Waals surface area contributed by atoms with E-state index in [2.05, 4.69) is 5.32 Å². The molecule has 6 nitrogen and oxygen atoms in total. The van der Waals surface area contributed by atoms with Crippen LogP contribution in [-0.2, 0) is 21.2 Å². The second kappa shape index (κ2) is 8.99. The number of anilines is 2. The third kappa shape index (κ3) is 4.84. The van der Waals surface area contributed by atoms with Crippen LogP contribution in [0.1, 0.15) is 12.0 Å². The summed E-state index contributed by atoms with van der Waals surface area (Å²) in [4.78, 5) is 12.6. The van der Waals surface area contributed by atoms with Gasteiger partial charge in [-0.1, -0.05) is 35.9 Å². The van der Waals surface area contributed by atoms with E-state index in [1.165, 1.54) is 4.31 Å². The third-order valence-electron chi connectivity index (χ3n) is 4.96. The zero-order valence-corrected chi connectivity index (χ0v) is 18.2. The highest BCUT2D eigenvalue weighted by atomic mass is 35.5. The first-order valence-electron chi connectivity index (χ1n) is 9.82. The van der Waals surface area contributed by atoms with Gasteiger partial charge in [0.2, 0.25) is 0 Å². The molecule has 3 aromatic rings. The van der Waals surface area contributed by atoms with Crippen LogP contribution in [-0.4, -0.2) is 27.5 Å². The number of aryl methyl sites for hydroxylation is 1. The Balaban J connectivity index is 1.51. The fraction of sp³-hybridized carbons (Fsp3) is 0.174. The third-order valence-corrected chi connectivity index (χ3v) is 7.04. The fourth-order valence-electron chi connectivity index (χ4n) is 3.46. The van der Waals surface area contributed by atoms with Gasteiger partial charge in [0.05, 0.1) is 10.6 Å². The van der Waals surface area contributed by atoms with Gasteiger partial charge in [-0.3, -0.25) is 9.10 Å². The lowest BCUT2D eigenvalue weighted by Crippen LogP contribution is -2.35. The average molecular weight is 457 g/mol. The van der Waals surface area contributed by atoms with E-state index >= 15 is 0 Å². The second-order valence-corrected chi connectivity index (χ2v) is 9.43. The number of fused-ring (bicyclic) bond motifs is 1. The Bertz CT molecular complexity index is 1180. The Morgan fingerprint density at radius 3 is 2.52 bits per heavy atom.